The average molecular weight is 260 g/mol. The van der Waals surface area contributed by atoms with Crippen LogP contribution in [0.1, 0.15) is 5.56 Å². The molecule has 0 fully saturated rings. The van der Waals surface area contributed by atoms with Crippen LogP contribution in [0.25, 0.3) is 11.1 Å². The number of benzene rings is 3. The van der Waals surface area contributed by atoms with Crippen molar-refractivity contribution in [3.05, 3.63) is 84.4 Å². The molecule has 0 saturated carbocycles. The van der Waals surface area contributed by atoms with Gasteiger partial charge in [-0.05, 0) is 41.8 Å². The fourth-order valence-corrected chi connectivity index (χ4v) is 2.14. The van der Waals surface area contributed by atoms with Crippen molar-refractivity contribution in [2.75, 3.05) is 0 Å². The fraction of sp³-hybridized carbons (Fsp3) is 0.0526. The Morgan fingerprint density at radius 1 is 0.600 bits per heavy atom. The van der Waals surface area contributed by atoms with Crippen molar-refractivity contribution < 1.29 is 4.74 Å². The molecule has 0 amide bonds. The van der Waals surface area contributed by atoms with Crippen LogP contribution in [0.4, 0.5) is 0 Å². The monoisotopic (exact) mass is 260 g/mol. The molecule has 3 rings (SSSR count). The lowest BCUT2D eigenvalue weighted by molar-refractivity contribution is 0.479. The molecule has 98 valence electrons. The SMILES string of the molecule is Cc1ccccc1Oc1ccc(-c2ccccc2)cc1. The Balaban J connectivity index is 1.82. The van der Waals surface area contributed by atoms with E-state index in [-0.39, 0.29) is 0 Å². The van der Waals surface area contributed by atoms with Gasteiger partial charge in [-0.15, -0.1) is 0 Å². The second kappa shape index (κ2) is 5.62. The van der Waals surface area contributed by atoms with Gasteiger partial charge in [0.25, 0.3) is 0 Å². The maximum absolute atomic E-state index is 5.90. The van der Waals surface area contributed by atoms with E-state index < -0.39 is 0 Å². The summed E-state index contributed by atoms with van der Waals surface area (Å²) in [5.41, 5.74) is 3.55. The van der Waals surface area contributed by atoms with Crippen molar-refractivity contribution >= 4 is 0 Å². The van der Waals surface area contributed by atoms with Gasteiger partial charge in [0.15, 0.2) is 0 Å². The predicted molar refractivity (Wildman–Crippen MR) is 83.1 cm³/mol. The van der Waals surface area contributed by atoms with Gasteiger partial charge in [0.2, 0.25) is 0 Å². The molecule has 0 unspecified atom stereocenters. The number of aryl methyl sites for hydroxylation is 1. The van der Waals surface area contributed by atoms with Crippen LogP contribution in [0, 0.1) is 6.92 Å². The summed E-state index contributed by atoms with van der Waals surface area (Å²) in [7, 11) is 0. The Morgan fingerprint density at radius 3 is 1.90 bits per heavy atom. The van der Waals surface area contributed by atoms with Crippen LogP contribution in [0.3, 0.4) is 0 Å². The Morgan fingerprint density at radius 2 is 1.20 bits per heavy atom. The van der Waals surface area contributed by atoms with Gasteiger partial charge in [0, 0.05) is 0 Å². The zero-order chi connectivity index (χ0) is 13.8. The molecular formula is C19H16O. The summed E-state index contributed by atoms with van der Waals surface area (Å²) in [5.74, 6) is 1.76. The molecule has 0 aliphatic heterocycles. The third-order valence-corrected chi connectivity index (χ3v) is 3.28. The maximum Gasteiger partial charge on any atom is 0.130 e. The molecule has 0 aliphatic carbocycles. The van der Waals surface area contributed by atoms with Crippen molar-refractivity contribution in [1.29, 1.82) is 0 Å². The first-order valence-corrected chi connectivity index (χ1v) is 6.72. The van der Waals surface area contributed by atoms with Crippen molar-refractivity contribution in [2.45, 2.75) is 6.92 Å². The van der Waals surface area contributed by atoms with Crippen LogP contribution < -0.4 is 4.74 Å². The molecule has 0 saturated heterocycles. The number of hydrogen-bond acceptors (Lipinski definition) is 1. The van der Waals surface area contributed by atoms with E-state index in [0.29, 0.717) is 0 Å². The van der Waals surface area contributed by atoms with E-state index in [4.69, 9.17) is 4.74 Å². The molecule has 0 radical (unpaired) electrons. The summed E-state index contributed by atoms with van der Waals surface area (Å²) in [6, 6.07) is 26.6. The first-order valence-electron chi connectivity index (χ1n) is 6.72. The van der Waals surface area contributed by atoms with Crippen LogP contribution in [0.15, 0.2) is 78.9 Å². The normalized spacial score (nSPS) is 10.2. The molecule has 0 aromatic heterocycles. The smallest absolute Gasteiger partial charge is 0.130 e. The van der Waals surface area contributed by atoms with Gasteiger partial charge in [-0.1, -0.05) is 60.7 Å². The first-order chi connectivity index (χ1) is 9.83. The molecule has 0 aliphatic rings. The second-order valence-corrected chi connectivity index (χ2v) is 4.76. The molecule has 3 aromatic carbocycles. The van der Waals surface area contributed by atoms with Crippen LogP contribution >= 0.6 is 0 Å². The second-order valence-electron chi connectivity index (χ2n) is 4.76. The summed E-state index contributed by atoms with van der Waals surface area (Å²) >= 11 is 0. The Hall–Kier alpha value is -2.54. The van der Waals surface area contributed by atoms with Gasteiger partial charge in [-0.25, -0.2) is 0 Å². The van der Waals surface area contributed by atoms with E-state index in [1.54, 1.807) is 0 Å². The highest BCUT2D eigenvalue weighted by molar-refractivity contribution is 5.64. The molecule has 20 heavy (non-hydrogen) atoms. The number of hydrogen-bond donors (Lipinski definition) is 0. The maximum atomic E-state index is 5.90. The topological polar surface area (TPSA) is 9.23 Å². The predicted octanol–water partition coefficient (Wildman–Crippen LogP) is 5.45. The van der Waals surface area contributed by atoms with E-state index in [2.05, 4.69) is 24.3 Å². The lowest BCUT2D eigenvalue weighted by atomic mass is 10.1. The van der Waals surface area contributed by atoms with Gasteiger partial charge in [-0.2, -0.15) is 0 Å². The average Bonchev–Trinajstić information content (AvgIpc) is 2.51. The molecule has 1 nitrogen and oxygen atoms in total. The minimum atomic E-state index is 0.860. The van der Waals surface area contributed by atoms with Crippen molar-refractivity contribution in [2.24, 2.45) is 0 Å². The molecule has 1 heteroatoms. The standard InChI is InChI=1S/C19H16O/c1-15-7-5-6-10-19(15)20-18-13-11-17(12-14-18)16-8-3-2-4-9-16/h2-14H,1H3. The summed E-state index contributed by atoms with van der Waals surface area (Å²) < 4.78 is 5.90. The molecule has 0 atom stereocenters. The number of rotatable bonds is 3. The minimum absolute atomic E-state index is 0.860. The van der Waals surface area contributed by atoms with Crippen LogP contribution in [-0.2, 0) is 0 Å². The Bertz CT molecular complexity index is 684. The first kappa shape index (κ1) is 12.5. The lowest BCUT2D eigenvalue weighted by Gasteiger charge is -2.09. The van der Waals surface area contributed by atoms with E-state index in [0.717, 1.165) is 17.1 Å². The van der Waals surface area contributed by atoms with Gasteiger partial charge in [-0.3, -0.25) is 0 Å². The van der Waals surface area contributed by atoms with E-state index in [1.807, 2.05) is 61.5 Å². The van der Waals surface area contributed by atoms with Gasteiger partial charge in [0.05, 0.1) is 0 Å². The Kier molecular flexibility index (Phi) is 3.51. The molecule has 0 heterocycles. The van der Waals surface area contributed by atoms with Crippen LogP contribution in [0.2, 0.25) is 0 Å². The van der Waals surface area contributed by atoms with Gasteiger partial charge < -0.3 is 4.74 Å². The van der Waals surface area contributed by atoms with E-state index in [1.165, 1.54) is 11.1 Å². The van der Waals surface area contributed by atoms with Crippen LogP contribution in [0.5, 0.6) is 11.5 Å². The minimum Gasteiger partial charge on any atom is -0.457 e. The third kappa shape index (κ3) is 2.72. The zero-order valence-corrected chi connectivity index (χ0v) is 11.4. The molecule has 0 N–H and O–H groups in total. The summed E-state index contributed by atoms with van der Waals surface area (Å²) in [4.78, 5) is 0. The summed E-state index contributed by atoms with van der Waals surface area (Å²) in [5, 5.41) is 0. The number of ether oxygens (including phenoxy) is 1. The third-order valence-electron chi connectivity index (χ3n) is 3.28. The highest BCUT2D eigenvalue weighted by Crippen LogP contribution is 2.27. The van der Waals surface area contributed by atoms with Crippen molar-refractivity contribution in [3.8, 4) is 22.6 Å². The highest BCUT2D eigenvalue weighted by atomic mass is 16.5. The summed E-state index contributed by atoms with van der Waals surface area (Å²) in [6.45, 7) is 2.05. The highest BCUT2D eigenvalue weighted by Gasteiger charge is 2.01. The molecule has 3 aromatic rings. The largest absolute Gasteiger partial charge is 0.457 e. The number of para-hydroxylation sites is 1. The van der Waals surface area contributed by atoms with Gasteiger partial charge >= 0.3 is 0 Å². The molecule has 0 spiro atoms. The van der Waals surface area contributed by atoms with E-state index in [9.17, 15) is 0 Å². The fourth-order valence-electron chi connectivity index (χ4n) is 2.14. The molecular weight excluding hydrogens is 244 g/mol. The Labute approximate surface area is 119 Å². The van der Waals surface area contributed by atoms with Crippen LogP contribution in [-0.4, -0.2) is 0 Å². The lowest BCUT2D eigenvalue weighted by Crippen LogP contribution is -1.87. The summed E-state index contributed by atoms with van der Waals surface area (Å²) in [6.07, 6.45) is 0. The molecule has 0 bridgehead atoms. The van der Waals surface area contributed by atoms with Crippen molar-refractivity contribution in [1.82, 2.24) is 0 Å². The van der Waals surface area contributed by atoms with Gasteiger partial charge in [0.1, 0.15) is 11.5 Å². The van der Waals surface area contributed by atoms with E-state index >= 15 is 0 Å². The zero-order valence-electron chi connectivity index (χ0n) is 11.4. The van der Waals surface area contributed by atoms with Crippen molar-refractivity contribution in [3.63, 3.8) is 0 Å². The quantitative estimate of drug-likeness (QED) is 0.608.